The maximum Gasteiger partial charge on any atom is 0.269 e. The van der Waals surface area contributed by atoms with Gasteiger partial charge in [-0.3, -0.25) is 19.1 Å². The first kappa shape index (κ1) is 23.2. The van der Waals surface area contributed by atoms with Crippen molar-refractivity contribution in [2.24, 2.45) is 0 Å². The summed E-state index contributed by atoms with van der Waals surface area (Å²) in [5.74, 6) is 0.725. The van der Waals surface area contributed by atoms with Gasteiger partial charge in [0.05, 0.1) is 21.9 Å². The molecule has 2 aromatic rings. The van der Waals surface area contributed by atoms with Gasteiger partial charge in [-0.2, -0.15) is 0 Å². The molecule has 1 fully saturated rings. The summed E-state index contributed by atoms with van der Waals surface area (Å²) in [5, 5.41) is 1.02. The van der Waals surface area contributed by atoms with Gasteiger partial charge in [-0.05, 0) is 51.1 Å². The minimum Gasteiger partial charge on any atom is -0.494 e. The molecule has 0 aliphatic carbocycles. The van der Waals surface area contributed by atoms with Crippen molar-refractivity contribution in [2.75, 3.05) is 25.1 Å². The lowest BCUT2D eigenvalue weighted by Gasteiger charge is -2.13. The van der Waals surface area contributed by atoms with Crippen molar-refractivity contribution in [2.45, 2.75) is 32.2 Å². The molecule has 0 N–H and O–H groups in total. The number of hydrogen-bond donors (Lipinski definition) is 0. The van der Waals surface area contributed by atoms with Gasteiger partial charge in [0.25, 0.3) is 11.5 Å². The van der Waals surface area contributed by atoms with Crippen LogP contribution < -0.4 is 24.4 Å². The van der Waals surface area contributed by atoms with Crippen LogP contribution in [0, 0.1) is 0 Å². The Labute approximate surface area is 204 Å². The number of ether oxygens (including phenoxy) is 1. The van der Waals surface area contributed by atoms with Crippen molar-refractivity contribution in [1.29, 1.82) is 0 Å². The number of allylic oxidation sites excluding steroid dienone is 1. The quantitative estimate of drug-likeness (QED) is 0.579. The molecule has 1 saturated heterocycles. The number of thiocarbonyl (C=S) groups is 1. The number of rotatable bonds is 5. The molecule has 2 aliphatic rings. The van der Waals surface area contributed by atoms with Crippen molar-refractivity contribution in [1.82, 2.24) is 9.47 Å². The van der Waals surface area contributed by atoms with E-state index in [0.29, 0.717) is 38.1 Å². The molecule has 0 spiro atoms. The van der Waals surface area contributed by atoms with Crippen LogP contribution in [0.4, 0.5) is 5.69 Å². The summed E-state index contributed by atoms with van der Waals surface area (Å²) in [7, 11) is 2.01. The first-order valence-electron chi connectivity index (χ1n) is 10.3. The molecule has 168 valence electrons. The van der Waals surface area contributed by atoms with Crippen molar-refractivity contribution in [3.63, 3.8) is 0 Å². The molecule has 6 nitrogen and oxygen atoms in total. The van der Waals surface area contributed by atoms with Crippen LogP contribution in [-0.2, 0) is 11.3 Å². The molecular formula is C22H23N3O3S4. The second-order valence-electron chi connectivity index (χ2n) is 6.96. The van der Waals surface area contributed by atoms with Crippen molar-refractivity contribution < 1.29 is 9.53 Å². The second-order valence-corrected chi connectivity index (χ2v) is 10.7. The Morgan fingerprint density at radius 2 is 1.88 bits per heavy atom. The molecule has 0 saturated carbocycles. The number of anilines is 1. The highest BCUT2D eigenvalue weighted by molar-refractivity contribution is 8.30. The molecule has 10 heteroatoms. The van der Waals surface area contributed by atoms with Gasteiger partial charge in [0.15, 0.2) is 0 Å². The van der Waals surface area contributed by atoms with Crippen LogP contribution in [0.3, 0.4) is 0 Å². The number of amides is 1. The number of thioether (sulfide) groups is 2. The van der Waals surface area contributed by atoms with Gasteiger partial charge in [0.2, 0.25) is 0 Å². The Balaban J connectivity index is 1.74. The van der Waals surface area contributed by atoms with E-state index in [0.717, 1.165) is 21.4 Å². The number of nitrogens with zero attached hydrogens (tertiary/aromatic N) is 3. The largest absolute Gasteiger partial charge is 0.494 e. The third-order valence-corrected chi connectivity index (χ3v) is 8.99. The molecule has 2 aliphatic heterocycles. The predicted molar refractivity (Wildman–Crippen MR) is 139 cm³/mol. The number of carbonyl (C=O) groups is 1. The Morgan fingerprint density at radius 3 is 2.53 bits per heavy atom. The molecule has 0 unspecified atom stereocenters. The van der Waals surface area contributed by atoms with Crippen LogP contribution in [0.1, 0.15) is 20.8 Å². The van der Waals surface area contributed by atoms with Gasteiger partial charge in [0.1, 0.15) is 19.6 Å². The fourth-order valence-corrected chi connectivity index (χ4v) is 7.22. The zero-order valence-electron chi connectivity index (χ0n) is 18.2. The maximum absolute atomic E-state index is 13.0. The van der Waals surface area contributed by atoms with Crippen LogP contribution in [0.5, 0.6) is 5.75 Å². The normalized spacial score (nSPS) is 19.5. The summed E-state index contributed by atoms with van der Waals surface area (Å²) < 4.78 is 9.07. The lowest BCUT2D eigenvalue weighted by molar-refractivity contribution is -0.120. The Bertz CT molecular complexity index is 1310. The van der Waals surface area contributed by atoms with E-state index in [1.165, 1.54) is 23.1 Å². The van der Waals surface area contributed by atoms with Gasteiger partial charge >= 0.3 is 0 Å². The third-order valence-electron chi connectivity index (χ3n) is 5.11. The number of aromatic nitrogens is 1. The smallest absolute Gasteiger partial charge is 0.269 e. The lowest BCUT2D eigenvalue weighted by atomic mass is 10.3. The monoisotopic (exact) mass is 505 g/mol. The first-order chi connectivity index (χ1) is 15.4. The molecule has 1 aromatic heterocycles. The summed E-state index contributed by atoms with van der Waals surface area (Å²) in [6, 6.07) is 6.05. The van der Waals surface area contributed by atoms with Gasteiger partial charge < -0.3 is 9.64 Å². The molecule has 3 heterocycles. The van der Waals surface area contributed by atoms with Crippen LogP contribution in [0.2, 0.25) is 0 Å². The van der Waals surface area contributed by atoms with Crippen LogP contribution in [0.15, 0.2) is 39.0 Å². The molecule has 0 radical (unpaired) electrons. The van der Waals surface area contributed by atoms with Gasteiger partial charge in [-0.15, -0.1) is 11.3 Å². The van der Waals surface area contributed by atoms with E-state index in [1.54, 1.807) is 21.2 Å². The average molecular weight is 506 g/mol. The molecule has 32 heavy (non-hydrogen) atoms. The maximum atomic E-state index is 13.0. The lowest BCUT2D eigenvalue weighted by Crippen LogP contribution is -2.33. The highest BCUT2D eigenvalue weighted by atomic mass is 32.2. The number of benzene rings is 1. The number of hydrogen-bond acceptors (Lipinski definition) is 8. The number of carbonyl (C=O) groups excluding carboxylic acids is 1. The predicted octanol–water partition coefficient (Wildman–Crippen LogP) is 3.18. The molecule has 1 aromatic carbocycles. The van der Waals surface area contributed by atoms with Crippen LogP contribution in [0.25, 0.3) is 11.0 Å². The van der Waals surface area contributed by atoms with Crippen molar-refractivity contribution in [3.05, 3.63) is 48.9 Å². The van der Waals surface area contributed by atoms with Crippen LogP contribution in [-0.4, -0.2) is 39.9 Å². The fourth-order valence-electron chi connectivity index (χ4n) is 3.49. The average Bonchev–Trinajstić information content (AvgIpc) is 3.37. The van der Waals surface area contributed by atoms with Crippen LogP contribution >= 0.6 is 47.1 Å². The summed E-state index contributed by atoms with van der Waals surface area (Å²) in [4.78, 5) is 31.1. The zero-order chi connectivity index (χ0) is 23.0. The van der Waals surface area contributed by atoms with E-state index in [1.807, 2.05) is 58.2 Å². The van der Waals surface area contributed by atoms with Crippen molar-refractivity contribution in [3.8, 4) is 5.75 Å². The highest BCUT2D eigenvalue weighted by Gasteiger charge is 2.32. The van der Waals surface area contributed by atoms with Gasteiger partial charge in [-0.25, -0.2) is 0 Å². The van der Waals surface area contributed by atoms with E-state index >= 15 is 0 Å². The summed E-state index contributed by atoms with van der Waals surface area (Å²) in [6.45, 7) is 7.41. The summed E-state index contributed by atoms with van der Waals surface area (Å²) in [6.07, 6.45) is 3.80. The SMILES string of the molecule is CCOc1ccc2c(c1)S/C(=C\C=c1\s/c(=C3\SC(=S)N(CC)C3=O)n(CC)c1=O)N2C. The van der Waals surface area contributed by atoms with E-state index in [2.05, 4.69) is 4.90 Å². The number of fused-ring (bicyclic) bond motifs is 1. The molecule has 0 bridgehead atoms. The Kier molecular flexibility index (Phi) is 6.85. The first-order valence-corrected chi connectivity index (χ1v) is 13.1. The van der Waals surface area contributed by atoms with Gasteiger partial charge in [0, 0.05) is 25.0 Å². The second kappa shape index (κ2) is 9.46. The Hall–Kier alpha value is -2.01. The topological polar surface area (TPSA) is 54.8 Å². The Morgan fingerprint density at radius 1 is 1.09 bits per heavy atom. The minimum atomic E-state index is -0.123. The fraction of sp³-hybridized carbons (Fsp3) is 0.318. The molecule has 4 rings (SSSR count). The van der Waals surface area contributed by atoms with E-state index in [9.17, 15) is 9.59 Å². The molecular weight excluding hydrogens is 483 g/mol. The molecule has 0 atom stereocenters. The van der Waals surface area contributed by atoms with Crippen molar-refractivity contribution >= 4 is 74.0 Å². The standard InChI is InChI=1S/C22H23N3O3S4/c1-5-24-19(26)15(31-21(24)18-20(27)25(6-2)22(29)32-18)10-11-17-23(4)14-9-8-13(28-7-3)12-16(14)30-17/h8-12H,5-7H2,1-4H3/b15-10+,17-11-,21-18-. The molecule has 1 amide bonds. The third kappa shape index (κ3) is 4.05. The number of thiazole rings is 1. The van der Waals surface area contributed by atoms with Gasteiger partial charge in [-0.1, -0.05) is 35.7 Å². The summed E-state index contributed by atoms with van der Waals surface area (Å²) in [5.41, 5.74) is 1.01. The summed E-state index contributed by atoms with van der Waals surface area (Å²) >= 11 is 9.59. The zero-order valence-corrected chi connectivity index (χ0v) is 21.5. The van der Waals surface area contributed by atoms with E-state index in [4.69, 9.17) is 17.0 Å². The van der Waals surface area contributed by atoms with E-state index in [-0.39, 0.29) is 11.5 Å². The highest BCUT2D eigenvalue weighted by Crippen LogP contribution is 2.46. The van der Waals surface area contributed by atoms with E-state index < -0.39 is 0 Å². The minimum absolute atomic E-state index is 0.0899.